The Kier molecular flexibility index (Phi) is 3.18. The highest BCUT2D eigenvalue weighted by atomic mass is 79.9. The van der Waals surface area contributed by atoms with Crippen LogP contribution >= 0.6 is 15.9 Å². The van der Waals surface area contributed by atoms with Crippen molar-refractivity contribution in [3.8, 4) is 0 Å². The minimum absolute atomic E-state index is 0.0241. The molecule has 1 aliphatic heterocycles. The first kappa shape index (κ1) is 13.1. The summed E-state index contributed by atoms with van der Waals surface area (Å²) in [5, 5.41) is 0. The van der Waals surface area contributed by atoms with Crippen molar-refractivity contribution in [3.05, 3.63) is 63.6 Å². The van der Waals surface area contributed by atoms with E-state index in [1.165, 1.54) is 0 Å². The molecule has 20 heavy (non-hydrogen) atoms. The topological polar surface area (TPSA) is 37.4 Å². The Bertz CT molecular complexity index is 707. The summed E-state index contributed by atoms with van der Waals surface area (Å²) < 4.78 is 0.930. The lowest BCUT2D eigenvalue weighted by atomic mass is 9.99. The second kappa shape index (κ2) is 4.87. The van der Waals surface area contributed by atoms with Gasteiger partial charge in [-0.1, -0.05) is 28.1 Å². The molecule has 0 radical (unpaired) electrons. The van der Waals surface area contributed by atoms with Crippen molar-refractivity contribution in [2.75, 3.05) is 11.9 Å². The van der Waals surface area contributed by atoms with Crippen LogP contribution in [0.15, 0.2) is 46.9 Å². The highest BCUT2D eigenvalue weighted by Crippen LogP contribution is 2.32. The van der Waals surface area contributed by atoms with E-state index in [9.17, 15) is 9.59 Å². The minimum Gasteiger partial charge on any atom is -0.314 e. The molecule has 100 valence electrons. The Hall–Kier alpha value is -1.94. The average molecular weight is 330 g/mol. The molecule has 3 rings (SSSR count). The maximum absolute atomic E-state index is 12.6. The highest BCUT2D eigenvalue weighted by molar-refractivity contribution is 9.10. The van der Waals surface area contributed by atoms with Crippen molar-refractivity contribution < 1.29 is 9.59 Å². The molecule has 1 aliphatic rings. The molecule has 1 heterocycles. The summed E-state index contributed by atoms with van der Waals surface area (Å²) in [5.74, 6) is -0.0352. The molecule has 0 aliphatic carbocycles. The molecule has 0 bridgehead atoms. The first-order valence-corrected chi connectivity index (χ1v) is 7.06. The van der Waals surface area contributed by atoms with E-state index in [0.29, 0.717) is 17.5 Å². The zero-order chi connectivity index (χ0) is 14.3. The first-order chi connectivity index (χ1) is 9.58. The van der Waals surface area contributed by atoms with Crippen LogP contribution in [0.4, 0.5) is 5.69 Å². The third-order valence-electron chi connectivity index (χ3n) is 3.52. The van der Waals surface area contributed by atoms with Crippen molar-refractivity contribution in [2.45, 2.75) is 6.42 Å². The first-order valence-electron chi connectivity index (χ1n) is 6.26. The van der Waals surface area contributed by atoms with E-state index < -0.39 is 0 Å². The zero-order valence-corrected chi connectivity index (χ0v) is 12.5. The van der Waals surface area contributed by atoms with Crippen LogP contribution in [0.3, 0.4) is 0 Å². The van der Waals surface area contributed by atoms with Crippen LogP contribution in [0.1, 0.15) is 21.5 Å². The molecule has 0 fully saturated rings. The summed E-state index contributed by atoms with van der Waals surface area (Å²) in [6.45, 7) is 0. The lowest BCUT2D eigenvalue weighted by Gasteiger charge is -2.14. The Morgan fingerprint density at radius 2 is 1.85 bits per heavy atom. The SMILES string of the molecule is CN1C(=O)Cc2cccc(C(=O)c3ccc(Br)cc3)c21. The fourth-order valence-electron chi connectivity index (χ4n) is 2.48. The number of para-hydroxylation sites is 1. The molecule has 1 amide bonds. The van der Waals surface area contributed by atoms with Gasteiger partial charge in [0.2, 0.25) is 5.91 Å². The predicted molar refractivity (Wildman–Crippen MR) is 81.1 cm³/mol. The Morgan fingerprint density at radius 3 is 2.55 bits per heavy atom. The van der Waals surface area contributed by atoms with Crippen molar-refractivity contribution >= 4 is 33.3 Å². The third-order valence-corrected chi connectivity index (χ3v) is 4.05. The van der Waals surface area contributed by atoms with Gasteiger partial charge in [0.1, 0.15) is 0 Å². The van der Waals surface area contributed by atoms with E-state index >= 15 is 0 Å². The number of amides is 1. The van der Waals surface area contributed by atoms with Crippen molar-refractivity contribution in [1.82, 2.24) is 0 Å². The molecule has 3 nitrogen and oxygen atoms in total. The predicted octanol–water partition coefficient (Wildman–Crippen LogP) is 3.20. The molecule has 0 N–H and O–H groups in total. The monoisotopic (exact) mass is 329 g/mol. The fourth-order valence-corrected chi connectivity index (χ4v) is 2.74. The summed E-state index contributed by atoms with van der Waals surface area (Å²) >= 11 is 3.35. The fraction of sp³-hybridized carbons (Fsp3) is 0.125. The van der Waals surface area contributed by atoms with Crippen LogP contribution in [0.2, 0.25) is 0 Å². The van der Waals surface area contributed by atoms with Crippen LogP contribution in [-0.4, -0.2) is 18.7 Å². The number of benzene rings is 2. The Morgan fingerprint density at radius 1 is 1.15 bits per heavy atom. The van der Waals surface area contributed by atoms with Gasteiger partial charge in [-0.05, 0) is 35.9 Å². The maximum atomic E-state index is 12.6. The van der Waals surface area contributed by atoms with Gasteiger partial charge in [0.25, 0.3) is 0 Å². The number of hydrogen-bond acceptors (Lipinski definition) is 2. The minimum atomic E-state index is -0.0594. The Balaban J connectivity index is 2.08. The maximum Gasteiger partial charge on any atom is 0.231 e. The number of carbonyl (C=O) groups is 2. The number of likely N-dealkylation sites (N-methyl/N-ethyl adjacent to an activating group) is 1. The normalized spacial score (nSPS) is 13.5. The lowest BCUT2D eigenvalue weighted by Crippen LogP contribution is -2.22. The van der Waals surface area contributed by atoms with Crippen molar-refractivity contribution in [1.29, 1.82) is 0 Å². The number of nitrogens with zero attached hydrogens (tertiary/aromatic N) is 1. The van der Waals surface area contributed by atoms with Gasteiger partial charge >= 0.3 is 0 Å². The summed E-state index contributed by atoms with van der Waals surface area (Å²) in [6.07, 6.45) is 0.368. The third kappa shape index (κ3) is 2.06. The largest absolute Gasteiger partial charge is 0.314 e. The van der Waals surface area contributed by atoms with E-state index in [0.717, 1.165) is 15.7 Å². The van der Waals surface area contributed by atoms with Gasteiger partial charge in [-0.25, -0.2) is 0 Å². The molecule has 0 saturated heterocycles. The molecule has 0 atom stereocenters. The van der Waals surface area contributed by atoms with Gasteiger partial charge in [0.15, 0.2) is 5.78 Å². The van der Waals surface area contributed by atoms with Gasteiger partial charge in [0.05, 0.1) is 12.1 Å². The molecule has 2 aromatic rings. The Labute approximate surface area is 125 Å². The van der Waals surface area contributed by atoms with E-state index in [4.69, 9.17) is 0 Å². The molecule has 0 aromatic heterocycles. The van der Waals surface area contributed by atoms with E-state index in [1.54, 1.807) is 30.1 Å². The van der Waals surface area contributed by atoms with E-state index in [-0.39, 0.29) is 11.7 Å². The van der Waals surface area contributed by atoms with Crippen molar-refractivity contribution in [3.63, 3.8) is 0 Å². The molecular weight excluding hydrogens is 318 g/mol. The second-order valence-electron chi connectivity index (χ2n) is 4.78. The summed E-state index contributed by atoms with van der Waals surface area (Å²) in [4.78, 5) is 26.0. The number of ketones is 1. The van der Waals surface area contributed by atoms with Crippen LogP contribution in [0.25, 0.3) is 0 Å². The van der Waals surface area contributed by atoms with Gasteiger partial charge in [-0.3, -0.25) is 9.59 Å². The molecule has 4 heteroatoms. The van der Waals surface area contributed by atoms with Gasteiger partial charge in [-0.2, -0.15) is 0 Å². The van der Waals surface area contributed by atoms with Crippen LogP contribution < -0.4 is 4.90 Å². The van der Waals surface area contributed by atoms with Crippen LogP contribution in [0.5, 0.6) is 0 Å². The smallest absolute Gasteiger partial charge is 0.231 e. The summed E-state index contributed by atoms with van der Waals surface area (Å²) in [5.41, 5.74) is 2.86. The van der Waals surface area contributed by atoms with E-state index in [2.05, 4.69) is 15.9 Å². The van der Waals surface area contributed by atoms with Crippen molar-refractivity contribution in [2.24, 2.45) is 0 Å². The average Bonchev–Trinajstić information content (AvgIpc) is 2.74. The van der Waals surface area contributed by atoms with Gasteiger partial charge in [0, 0.05) is 22.6 Å². The lowest BCUT2D eigenvalue weighted by molar-refractivity contribution is -0.117. The molecule has 0 spiro atoms. The standard InChI is InChI=1S/C16H12BrNO2/c1-18-14(19)9-11-3-2-4-13(15(11)18)16(20)10-5-7-12(17)8-6-10/h2-8H,9H2,1H3. The number of carbonyl (C=O) groups excluding carboxylic acids is 2. The van der Waals surface area contributed by atoms with Gasteiger partial charge in [-0.15, -0.1) is 0 Å². The number of anilines is 1. The van der Waals surface area contributed by atoms with Gasteiger partial charge < -0.3 is 4.90 Å². The van der Waals surface area contributed by atoms with Crippen LogP contribution in [-0.2, 0) is 11.2 Å². The number of fused-ring (bicyclic) bond motifs is 1. The quantitative estimate of drug-likeness (QED) is 0.793. The van der Waals surface area contributed by atoms with E-state index in [1.807, 2.05) is 24.3 Å². The highest BCUT2D eigenvalue weighted by Gasteiger charge is 2.28. The molecule has 0 saturated carbocycles. The summed E-state index contributed by atoms with van der Waals surface area (Å²) in [7, 11) is 1.71. The molecular formula is C16H12BrNO2. The zero-order valence-electron chi connectivity index (χ0n) is 10.9. The number of rotatable bonds is 2. The second-order valence-corrected chi connectivity index (χ2v) is 5.69. The molecule has 0 unspecified atom stereocenters. The summed E-state index contributed by atoms with van der Waals surface area (Å²) in [6, 6.07) is 12.7. The van der Waals surface area contributed by atoms with Crippen LogP contribution in [0, 0.1) is 0 Å². The number of halogens is 1. The molecule has 2 aromatic carbocycles. The number of hydrogen-bond donors (Lipinski definition) is 0.